The van der Waals surface area contributed by atoms with E-state index in [4.69, 9.17) is 0 Å². The molecule has 0 aliphatic rings. The first-order chi connectivity index (χ1) is 17.4. The summed E-state index contributed by atoms with van der Waals surface area (Å²) in [5, 5.41) is 12.6. The van der Waals surface area contributed by atoms with Crippen LogP contribution in [0.5, 0.6) is 0 Å². The summed E-state index contributed by atoms with van der Waals surface area (Å²) < 4.78 is 3.24. The van der Waals surface area contributed by atoms with E-state index in [1.54, 1.807) is 0 Å². The first-order valence-electron chi connectivity index (χ1n) is 11.2. The van der Waals surface area contributed by atoms with Gasteiger partial charge in [0.2, 0.25) is 0 Å². The first-order valence-corrected chi connectivity index (χ1v) is 14.4. The van der Waals surface area contributed by atoms with Crippen LogP contribution in [0.3, 0.4) is 0 Å². The van der Waals surface area contributed by atoms with Gasteiger partial charge in [0.25, 0.3) is 0 Å². The maximum atomic E-state index is 13.9. The molecular weight excluding hydrogens is 712 g/mol. The molecule has 0 aliphatic carbocycles. The fourth-order valence-corrected chi connectivity index (χ4v) is 8.13. The van der Waals surface area contributed by atoms with E-state index in [1.807, 2.05) is 48.5 Å². The normalized spacial score (nSPS) is 12.7. The van der Waals surface area contributed by atoms with Crippen LogP contribution < -0.4 is 10.9 Å². The van der Waals surface area contributed by atoms with E-state index >= 15 is 0 Å². The molecule has 36 heavy (non-hydrogen) atoms. The Bertz CT molecular complexity index is 2400. The van der Waals surface area contributed by atoms with Crippen LogP contribution in [0.2, 0.25) is 0 Å². The van der Waals surface area contributed by atoms with Crippen molar-refractivity contribution in [2.45, 2.75) is 0 Å². The van der Waals surface area contributed by atoms with Crippen molar-refractivity contribution in [2.75, 3.05) is 0 Å². The second-order valence-electron chi connectivity index (χ2n) is 9.25. The summed E-state index contributed by atoms with van der Waals surface area (Å²) in [6.07, 6.45) is 0. The van der Waals surface area contributed by atoms with Gasteiger partial charge in [-0.3, -0.25) is 9.59 Å². The number of benzene rings is 8. The van der Waals surface area contributed by atoms with Gasteiger partial charge in [-0.1, -0.05) is 56.1 Å². The average molecular weight is 722 g/mol. The molecule has 8 aromatic carbocycles. The fourth-order valence-electron chi connectivity index (χ4n) is 6.12. The Balaban J connectivity index is 1.82. The Hall–Kier alpha value is -2.38. The van der Waals surface area contributed by atoms with Crippen molar-refractivity contribution in [3.8, 4) is 0 Å². The number of hydrogen-bond acceptors (Lipinski definition) is 2. The molecule has 8 rings (SSSR count). The quantitative estimate of drug-likeness (QED) is 0.115. The average Bonchev–Trinajstić information content (AvgIpc) is 2.87. The van der Waals surface area contributed by atoms with Gasteiger partial charge in [0, 0.05) is 50.2 Å². The lowest BCUT2D eigenvalue weighted by Crippen LogP contribution is -2.07. The Morgan fingerprint density at radius 1 is 0.444 bits per heavy atom. The number of fused-ring (bicyclic) bond motifs is 4. The molecule has 0 saturated carbocycles. The molecule has 0 radical (unpaired) electrons. The van der Waals surface area contributed by atoms with Gasteiger partial charge in [-0.05, 0) is 111 Å². The summed E-state index contributed by atoms with van der Waals surface area (Å²) in [5.74, 6) is 0. The lowest BCUT2D eigenvalue weighted by Gasteiger charge is -2.20. The van der Waals surface area contributed by atoms with Crippen molar-refractivity contribution in [2.24, 2.45) is 0 Å². The van der Waals surface area contributed by atoms with Crippen molar-refractivity contribution in [3.63, 3.8) is 0 Å². The highest BCUT2D eigenvalue weighted by atomic mass is 79.9. The van der Waals surface area contributed by atoms with Crippen LogP contribution in [-0.4, -0.2) is 0 Å². The standard InChI is InChI=1S/C30H10Br4O2/c31-12-5-7-13-17-10-19-25-21-11(4-6-15(22(17)21)29(35)18(13)9-12)8-16-14-2-1-3-20(32)23(14)30(36)26(24(16)25)28(34)27(19)33/h1-10H. The van der Waals surface area contributed by atoms with E-state index in [0.29, 0.717) is 21.5 Å². The highest BCUT2D eigenvalue weighted by molar-refractivity contribution is 9.13. The second kappa shape index (κ2) is 7.13. The maximum Gasteiger partial charge on any atom is 0.196 e. The highest BCUT2D eigenvalue weighted by Gasteiger charge is 2.25. The van der Waals surface area contributed by atoms with E-state index in [-0.39, 0.29) is 10.9 Å². The zero-order chi connectivity index (χ0) is 24.6. The van der Waals surface area contributed by atoms with Gasteiger partial charge in [-0.15, -0.1) is 0 Å². The molecular formula is C30H10Br4O2. The van der Waals surface area contributed by atoms with Crippen molar-refractivity contribution < 1.29 is 0 Å². The minimum Gasteiger partial charge on any atom is -0.289 e. The molecule has 0 saturated heterocycles. The molecule has 0 N–H and O–H groups in total. The second-order valence-corrected chi connectivity index (χ2v) is 12.6. The minimum atomic E-state index is -0.0192. The Morgan fingerprint density at radius 3 is 2.03 bits per heavy atom. The van der Waals surface area contributed by atoms with Gasteiger partial charge in [-0.25, -0.2) is 0 Å². The summed E-state index contributed by atoms with van der Waals surface area (Å²) in [6.45, 7) is 0. The SMILES string of the molecule is O=c1c2cc(Br)ccc2c2cc3c(Br)c(Br)c4c(=O)c5c(Br)cccc5c5cc6ccc1c2c6c3c45. The van der Waals surface area contributed by atoms with Gasteiger partial charge >= 0.3 is 0 Å². The summed E-state index contributed by atoms with van der Waals surface area (Å²) in [4.78, 5) is 27.6. The van der Waals surface area contributed by atoms with E-state index in [2.05, 4.69) is 75.9 Å². The van der Waals surface area contributed by atoms with Gasteiger partial charge in [-0.2, -0.15) is 0 Å². The molecule has 0 heterocycles. The first kappa shape index (κ1) is 21.7. The summed E-state index contributed by atoms with van der Waals surface area (Å²) >= 11 is 14.7. The van der Waals surface area contributed by atoms with Crippen LogP contribution in [0.4, 0.5) is 0 Å². The van der Waals surface area contributed by atoms with Crippen LogP contribution >= 0.6 is 63.7 Å². The highest BCUT2D eigenvalue weighted by Crippen LogP contribution is 2.50. The Kier molecular flexibility index (Phi) is 4.30. The van der Waals surface area contributed by atoms with E-state index in [1.165, 1.54) is 0 Å². The summed E-state index contributed by atoms with van der Waals surface area (Å²) in [6, 6.07) is 20.1. The lowest BCUT2D eigenvalue weighted by atomic mass is 9.84. The monoisotopic (exact) mass is 718 g/mol. The molecule has 0 spiro atoms. The van der Waals surface area contributed by atoms with E-state index in [0.717, 1.165) is 71.8 Å². The molecule has 0 atom stereocenters. The fraction of sp³-hybridized carbons (Fsp3) is 0. The molecule has 8 aromatic rings. The van der Waals surface area contributed by atoms with Gasteiger partial charge < -0.3 is 0 Å². The van der Waals surface area contributed by atoms with Crippen molar-refractivity contribution in [1.82, 2.24) is 0 Å². The topological polar surface area (TPSA) is 34.1 Å². The van der Waals surface area contributed by atoms with E-state index in [9.17, 15) is 9.59 Å². The van der Waals surface area contributed by atoms with E-state index < -0.39 is 0 Å². The Morgan fingerprint density at radius 2 is 1.19 bits per heavy atom. The van der Waals surface area contributed by atoms with Crippen molar-refractivity contribution in [1.29, 1.82) is 0 Å². The zero-order valence-corrected chi connectivity index (χ0v) is 24.4. The molecule has 0 amide bonds. The third-order valence-electron chi connectivity index (χ3n) is 7.55. The van der Waals surface area contributed by atoms with Crippen LogP contribution in [0, 0.1) is 0 Å². The number of halogens is 4. The minimum absolute atomic E-state index is 0.0192. The number of rotatable bonds is 0. The summed E-state index contributed by atoms with van der Waals surface area (Å²) in [7, 11) is 0. The maximum absolute atomic E-state index is 13.9. The van der Waals surface area contributed by atoms with Crippen LogP contribution in [-0.2, 0) is 0 Å². The van der Waals surface area contributed by atoms with Crippen LogP contribution in [0.1, 0.15) is 0 Å². The largest absolute Gasteiger partial charge is 0.289 e. The lowest BCUT2D eigenvalue weighted by molar-refractivity contribution is 1.66. The van der Waals surface area contributed by atoms with Gasteiger partial charge in [0.1, 0.15) is 0 Å². The number of hydrogen-bond donors (Lipinski definition) is 0. The molecule has 6 heteroatoms. The predicted molar refractivity (Wildman–Crippen MR) is 166 cm³/mol. The van der Waals surface area contributed by atoms with Crippen molar-refractivity contribution in [3.05, 3.63) is 99.0 Å². The van der Waals surface area contributed by atoms with Crippen LogP contribution in [0.15, 0.2) is 88.1 Å². The molecule has 0 bridgehead atoms. The zero-order valence-electron chi connectivity index (χ0n) is 18.1. The molecule has 0 unspecified atom stereocenters. The third-order valence-corrected chi connectivity index (χ3v) is 10.9. The molecule has 0 aromatic heterocycles. The van der Waals surface area contributed by atoms with Crippen molar-refractivity contribution >= 4 is 139 Å². The molecule has 170 valence electrons. The molecule has 2 nitrogen and oxygen atoms in total. The molecule has 0 fully saturated rings. The van der Waals surface area contributed by atoms with Gasteiger partial charge in [0.15, 0.2) is 10.9 Å². The van der Waals surface area contributed by atoms with Crippen LogP contribution in [0.25, 0.3) is 75.4 Å². The van der Waals surface area contributed by atoms with Gasteiger partial charge in [0.05, 0.1) is 0 Å². The molecule has 0 aliphatic heterocycles. The Labute approximate surface area is 236 Å². The summed E-state index contributed by atoms with van der Waals surface area (Å²) in [5.41, 5.74) is 0.00386. The third kappa shape index (κ3) is 2.47. The smallest absolute Gasteiger partial charge is 0.196 e. The predicted octanol–water partition coefficient (Wildman–Crippen LogP) is 9.84.